The average molecular weight is 783 g/mol. The van der Waals surface area contributed by atoms with E-state index in [2.05, 4.69) is 34.3 Å². The summed E-state index contributed by atoms with van der Waals surface area (Å²) in [6.07, 6.45) is -9.31. The normalized spacial score (nSPS) is 54.7. The van der Waals surface area contributed by atoms with E-state index in [-0.39, 0.29) is 48.2 Å². The van der Waals surface area contributed by atoms with Crippen LogP contribution in [-0.2, 0) is 23.7 Å². The van der Waals surface area contributed by atoms with Crippen molar-refractivity contribution in [3.8, 4) is 0 Å². The summed E-state index contributed by atoms with van der Waals surface area (Å²) < 4.78 is 24.0. The number of hydrogen-bond donors (Lipinski definition) is 9. The van der Waals surface area contributed by atoms with Gasteiger partial charge in [-0.1, -0.05) is 39.8 Å². The van der Waals surface area contributed by atoms with Gasteiger partial charge in [0.2, 0.25) is 0 Å². The van der Waals surface area contributed by atoms with E-state index < -0.39 is 102 Å². The van der Waals surface area contributed by atoms with Gasteiger partial charge in [-0.2, -0.15) is 0 Å². The van der Waals surface area contributed by atoms with Crippen LogP contribution in [0.5, 0.6) is 0 Å². The Hall–Kier alpha value is -1.27. The van der Waals surface area contributed by atoms with Crippen molar-refractivity contribution in [1.29, 1.82) is 0 Å². The number of carbonyl (C=O) groups is 1. The van der Waals surface area contributed by atoms with Gasteiger partial charge in [-0.3, -0.25) is 4.79 Å². The van der Waals surface area contributed by atoms with Gasteiger partial charge in [-0.15, -0.1) is 0 Å². The molecule has 2 aliphatic heterocycles. The molecule has 2 saturated heterocycles. The molecule has 0 bridgehead atoms. The zero-order valence-electron chi connectivity index (χ0n) is 33.0. The minimum atomic E-state index is -1.69. The second-order valence-electron chi connectivity index (χ2n) is 19.8. The molecular formula is C41H66O14. The molecule has 0 amide bonds. The lowest BCUT2D eigenvalue weighted by Gasteiger charge is -2.73. The summed E-state index contributed by atoms with van der Waals surface area (Å²) in [6, 6.07) is 0. The molecule has 0 unspecified atom stereocenters. The third kappa shape index (κ3) is 5.97. The molecule has 0 aromatic heterocycles. The molecule has 0 radical (unpaired) electrons. The second-order valence-corrected chi connectivity index (χ2v) is 19.8. The molecule has 2 heterocycles. The first-order chi connectivity index (χ1) is 25.8. The maximum atomic E-state index is 13.1. The van der Waals surface area contributed by atoms with Gasteiger partial charge in [0.15, 0.2) is 12.6 Å². The van der Waals surface area contributed by atoms with E-state index >= 15 is 0 Å². The minimum absolute atomic E-state index is 0.0196. The molecule has 14 heteroatoms. The first-order valence-electron chi connectivity index (χ1n) is 20.5. The summed E-state index contributed by atoms with van der Waals surface area (Å²) in [4.78, 5) is 13.1. The highest BCUT2D eigenvalue weighted by molar-refractivity contribution is 5.76. The first kappa shape index (κ1) is 41.9. The first-order valence-corrected chi connectivity index (χ1v) is 20.5. The zero-order valence-corrected chi connectivity index (χ0v) is 33.0. The van der Waals surface area contributed by atoms with Crippen LogP contribution in [0.3, 0.4) is 0 Å². The fourth-order valence-electron chi connectivity index (χ4n) is 14.6. The molecule has 5 saturated carbocycles. The lowest BCUT2D eigenvalue weighted by Crippen LogP contribution is -2.71. The summed E-state index contributed by atoms with van der Waals surface area (Å²) in [5, 5.41) is 97.4. The molecular weight excluding hydrogens is 716 g/mol. The van der Waals surface area contributed by atoms with Gasteiger partial charge in [-0.25, -0.2) is 0 Å². The fraction of sp³-hybridized carbons (Fsp3) is 0.927. The Balaban J connectivity index is 1.17. The number of carboxylic acid groups (broad SMARTS) is 1. The number of allylic oxidation sites excluding steroid dienone is 1. The van der Waals surface area contributed by atoms with Crippen molar-refractivity contribution >= 4 is 5.97 Å². The standard InChI is InChI=1S/C41H66O14/c1-19(2)20-9-12-40(36(50)51)13-14-41(18-43)21(27(20)40)7-8-26-38(5)15-22(44)33(37(3,4)25(38)10-11-39(26,41)6)55-35-32(30(48)29(47)24(16-42)53-35)54-34-31(49)28(46)23(45)17-52-34/h20-35,42-49H,1,7-18H2,2-6H3,(H,50,51)/t20-,21+,22+,23+,24+,25-,26+,27+,28-,29+,30-,31+,32+,33-,34-,35-,38-,39+,40-,41-/m0/s1. The quantitative estimate of drug-likeness (QED) is 0.125. The van der Waals surface area contributed by atoms with Crippen LogP contribution in [0.25, 0.3) is 0 Å². The van der Waals surface area contributed by atoms with E-state index in [1.807, 2.05) is 6.92 Å². The Labute approximate surface area is 323 Å². The highest BCUT2D eigenvalue weighted by atomic mass is 16.8. The fourth-order valence-corrected chi connectivity index (χ4v) is 14.6. The van der Waals surface area contributed by atoms with Crippen LogP contribution in [0.1, 0.15) is 92.4 Å². The number of carboxylic acids is 1. The van der Waals surface area contributed by atoms with Gasteiger partial charge < -0.3 is 64.9 Å². The van der Waals surface area contributed by atoms with Gasteiger partial charge >= 0.3 is 5.97 Å². The van der Waals surface area contributed by atoms with Gasteiger partial charge in [-0.05, 0) is 111 Å². The van der Waals surface area contributed by atoms with Crippen molar-refractivity contribution in [2.75, 3.05) is 19.8 Å². The molecule has 0 aromatic carbocycles. The van der Waals surface area contributed by atoms with Gasteiger partial charge in [0.25, 0.3) is 0 Å². The van der Waals surface area contributed by atoms with Crippen LogP contribution in [0, 0.1) is 56.7 Å². The van der Waals surface area contributed by atoms with E-state index in [9.17, 15) is 50.8 Å². The monoisotopic (exact) mass is 782 g/mol. The van der Waals surface area contributed by atoms with Crippen LogP contribution >= 0.6 is 0 Å². The Morgan fingerprint density at radius 1 is 0.800 bits per heavy atom. The van der Waals surface area contributed by atoms with E-state index in [4.69, 9.17) is 18.9 Å². The number of aliphatic carboxylic acids is 1. The number of fused-ring (bicyclic) bond motifs is 7. The second kappa shape index (κ2) is 14.5. The SMILES string of the molecule is C=C(C)[C@@H]1CC[C@]2(C(=O)O)CC[C@]3(CO)[C@H](CC[C@@H]4[C@@]5(C)C[C@@H](O)[C@H](O[C@@H]6O[C@H](CO)[C@@H](O)[C@H](O)[C@H]6O[C@@H]6OC[C@@H](O)[C@H](O)[C@H]6O)C(C)(C)[C@@H]5CC[C@]43C)[C@@H]12. The zero-order chi connectivity index (χ0) is 40.2. The predicted molar refractivity (Wildman–Crippen MR) is 195 cm³/mol. The molecule has 5 aliphatic carbocycles. The average Bonchev–Trinajstić information content (AvgIpc) is 3.54. The van der Waals surface area contributed by atoms with Crippen molar-refractivity contribution in [2.24, 2.45) is 56.7 Å². The molecule has 9 N–H and O–H groups in total. The summed E-state index contributed by atoms with van der Waals surface area (Å²) in [7, 11) is 0. The van der Waals surface area contributed by atoms with Crippen molar-refractivity contribution in [1.82, 2.24) is 0 Å². The van der Waals surface area contributed by atoms with E-state index in [1.165, 1.54) is 0 Å². The topological polar surface area (TPSA) is 236 Å². The number of aliphatic hydroxyl groups excluding tert-OH is 8. The summed E-state index contributed by atoms with van der Waals surface area (Å²) in [5.41, 5.74) is -1.69. The number of ether oxygens (including phenoxy) is 4. The van der Waals surface area contributed by atoms with E-state index in [1.54, 1.807) is 0 Å². The molecule has 0 aromatic rings. The van der Waals surface area contributed by atoms with E-state index in [0.29, 0.717) is 25.7 Å². The Morgan fingerprint density at radius 2 is 1.51 bits per heavy atom. The third-order valence-corrected chi connectivity index (χ3v) is 17.2. The van der Waals surface area contributed by atoms with Gasteiger partial charge in [0.1, 0.15) is 42.7 Å². The third-order valence-electron chi connectivity index (χ3n) is 17.2. The van der Waals surface area contributed by atoms with Gasteiger partial charge in [0.05, 0.1) is 30.8 Å². The van der Waals surface area contributed by atoms with Crippen molar-refractivity contribution < 1.29 is 69.7 Å². The van der Waals surface area contributed by atoms with Crippen molar-refractivity contribution in [2.45, 2.75) is 160 Å². The van der Waals surface area contributed by atoms with Crippen LogP contribution in [0.2, 0.25) is 0 Å². The van der Waals surface area contributed by atoms with Crippen LogP contribution in [0.15, 0.2) is 12.2 Å². The van der Waals surface area contributed by atoms with Crippen molar-refractivity contribution in [3.05, 3.63) is 12.2 Å². The molecule has 7 rings (SSSR count). The maximum absolute atomic E-state index is 13.1. The predicted octanol–water partition coefficient (Wildman–Crippen LogP) is 1.32. The highest BCUT2D eigenvalue weighted by Crippen LogP contribution is 2.77. The molecule has 55 heavy (non-hydrogen) atoms. The molecule has 0 spiro atoms. The largest absolute Gasteiger partial charge is 0.481 e. The highest BCUT2D eigenvalue weighted by Gasteiger charge is 2.74. The summed E-state index contributed by atoms with van der Waals surface area (Å²) in [5.74, 6) is -0.542. The van der Waals surface area contributed by atoms with Crippen LogP contribution < -0.4 is 0 Å². The number of hydrogen-bond acceptors (Lipinski definition) is 13. The molecule has 314 valence electrons. The molecule has 7 aliphatic rings. The molecule has 20 atom stereocenters. The molecule has 14 nitrogen and oxygen atoms in total. The Bertz CT molecular complexity index is 1460. The summed E-state index contributed by atoms with van der Waals surface area (Å²) in [6.45, 7) is 14.0. The Kier molecular flexibility index (Phi) is 11.0. The number of rotatable bonds is 8. The van der Waals surface area contributed by atoms with Crippen molar-refractivity contribution in [3.63, 3.8) is 0 Å². The lowest BCUT2D eigenvalue weighted by molar-refractivity contribution is -0.376. The lowest BCUT2D eigenvalue weighted by atomic mass is 9.32. The number of aliphatic hydroxyl groups is 8. The smallest absolute Gasteiger partial charge is 0.309 e. The van der Waals surface area contributed by atoms with Gasteiger partial charge in [0, 0.05) is 12.0 Å². The summed E-state index contributed by atoms with van der Waals surface area (Å²) >= 11 is 0. The minimum Gasteiger partial charge on any atom is -0.481 e. The van der Waals surface area contributed by atoms with E-state index in [0.717, 1.165) is 37.7 Å². The Morgan fingerprint density at radius 3 is 2.15 bits per heavy atom. The van der Waals surface area contributed by atoms with Crippen LogP contribution in [-0.4, -0.2) is 139 Å². The van der Waals surface area contributed by atoms with Crippen LogP contribution in [0.4, 0.5) is 0 Å². The maximum Gasteiger partial charge on any atom is 0.309 e. The molecule has 7 fully saturated rings.